The third kappa shape index (κ3) is 2.13. The van der Waals surface area contributed by atoms with Crippen LogP contribution in [0.3, 0.4) is 0 Å². The number of rotatable bonds is 3. The van der Waals surface area contributed by atoms with Gasteiger partial charge in [-0.25, -0.2) is 0 Å². The second kappa shape index (κ2) is 4.29. The van der Waals surface area contributed by atoms with E-state index in [9.17, 15) is 0 Å². The molecular formula is C14H22S. The van der Waals surface area contributed by atoms with Crippen molar-refractivity contribution in [3.05, 3.63) is 21.4 Å². The molecule has 0 atom stereocenters. The first-order valence-electron chi connectivity index (χ1n) is 6.25. The summed E-state index contributed by atoms with van der Waals surface area (Å²) in [5.41, 5.74) is 3.78. The quantitative estimate of drug-likeness (QED) is 0.695. The second-order valence-corrected chi connectivity index (χ2v) is 6.29. The summed E-state index contributed by atoms with van der Waals surface area (Å²) in [5, 5.41) is 2.42. The number of fused-ring (bicyclic) bond motifs is 1. The summed E-state index contributed by atoms with van der Waals surface area (Å²) in [7, 11) is 0. The van der Waals surface area contributed by atoms with Crippen molar-refractivity contribution >= 4 is 11.3 Å². The van der Waals surface area contributed by atoms with Gasteiger partial charge in [-0.3, -0.25) is 0 Å². The summed E-state index contributed by atoms with van der Waals surface area (Å²) in [6, 6.07) is 0. The highest BCUT2D eigenvalue weighted by molar-refractivity contribution is 7.10. The fraction of sp³-hybridized carbons (Fsp3) is 0.714. The molecule has 0 spiro atoms. The molecule has 1 aromatic rings. The smallest absolute Gasteiger partial charge is 0.0136 e. The Morgan fingerprint density at radius 3 is 2.73 bits per heavy atom. The molecule has 1 aromatic heterocycles. The zero-order chi connectivity index (χ0) is 10.9. The fourth-order valence-corrected chi connectivity index (χ4v) is 4.14. The third-order valence-electron chi connectivity index (χ3n) is 3.59. The van der Waals surface area contributed by atoms with Crippen LogP contribution in [0.25, 0.3) is 0 Å². The second-order valence-electron chi connectivity index (χ2n) is 5.41. The average Bonchev–Trinajstić information content (AvgIpc) is 2.61. The highest BCUT2D eigenvalue weighted by Crippen LogP contribution is 2.39. The van der Waals surface area contributed by atoms with E-state index in [2.05, 4.69) is 26.2 Å². The molecule has 1 aliphatic rings. The van der Waals surface area contributed by atoms with E-state index >= 15 is 0 Å². The van der Waals surface area contributed by atoms with Crippen molar-refractivity contribution in [1.29, 1.82) is 0 Å². The Labute approximate surface area is 97.7 Å². The van der Waals surface area contributed by atoms with Crippen molar-refractivity contribution in [3.8, 4) is 0 Å². The number of thiophene rings is 1. The van der Waals surface area contributed by atoms with Crippen LogP contribution in [0.1, 0.15) is 62.5 Å². The lowest BCUT2D eigenvalue weighted by Gasteiger charge is -2.26. The minimum absolute atomic E-state index is 0.407. The average molecular weight is 222 g/mol. The highest BCUT2D eigenvalue weighted by Gasteiger charge is 2.27. The largest absolute Gasteiger partial charge is 0.148 e. The molecule has 1 aliphatic carbocycles. The molecule has 0 nitrogen and oxygen atoms in total. The maximum absolute atomic E-state index is 2.42. The molecule has 1 heteroatoms. The van der Waals surface area contributed by atoms with Crippen LogP contribution in [0.5, 0.6) is 0 Å². The molecular weight excluding hydrogens is 200 g/mol. The number of hydrogen-bond acceptors (Lipinski definition) is 1. The van der Waals surface area contributed by atoms with E-state index in [0.717, 1.165) is 0 Å². The fourth-order valence-electron chi connectivity index (χ4n) is 2.83. The van der Waals surface area contributed by atoms with Crippen LogP contribution >= 0.6 is 11.3 Å². The van der Waals surface area contributed by atoms with Crippen LogP contribution in [-0.4, -0.2) is 0 Å². The summed E-state index contributed by atoms with van der Waals surface area (Å²) < 4.78 is 0. The van der Waals surface area contributed by atoms with Gasteiger partial charge < -0.3 is 0 Å². The molecule has 0 N–H and O–H groups in total. The van der Waals surface area contributed by atoms with Gasteiger partial charge in [0, 0.05) is 4.88 Å². The Hall–Kier alpha value is -0.300. The van der Waals surface area contributed by atoms with Crippen molar-refractivity contribution < 1.29 is 0 Å². The summed E-state index contributed by atoms with van der Waals surface area (Å²) in [6.07, 6.45) is 8.07. The van der Waals surface area contributed by atoms with E-state index < -0.39 is 0 Å². The first-order valence-corrected chi connectivity index (χ1v) is 7.13. The minimum atomic E-state index is 0.407. The van der Waals surface area contributed by atoms with Crippen LogP contribution < -0.4 is 0 Å². The SMILES string of the molecule is CCCC(C)(C)c1scc2c1CCCC2. The van der Waals surface area contributed by atoms with E-state index in [1.807, 2.05) is 11.3 Å². The van der Waals surface area contributed by atoms with Gasteiger partial charge in [0.05, 0.1) is 0 Å². The van der Waals surface area contributed by atoms with E-state index in [1.165, 1.54) is 38.5 Å². The molecule has 1 heterocycles. The van der Waals surface area contributed by atoms with E-state index in [-0.39, 0.29) is 0 Å². The van der Waals surface area contributed by atoms with Crippen LogP contribution in [0.4, 0.5) is 0 Å². The Morgan fingerprint density at radius 2 is 2.00 bits per heavy atom. The standard InChI is InChI=1S/C14H22S/c1-4-9-14(2,3)13-12-8-6-5-7-11(12)10-15-13/h10H,4-9H2,1-3H3. The van der Waals surface area contributed by atoms with Crippen LogP contribution in [-0.2, 0) is 18.3 Å². The molecule has 0 saturated carbocycles. The third-order valence-corrected chi connectivity index (χ3v) is 5.03. The Morgan fingerprint density at radius 1 is 1.27 bits per heavy atom. The maximum Gasteiger partial charge on any atom is 0.0136 e. The predicted octanol–water partition coefficient (Wildman–Crippen LogP) is 4.70. The van der Waals surface area contributed by atoms with Gasteiger partial charge >= 0.3 is 0 Å². The molecule has 84 valence electrons. The zero-order valence-corrected chi connectivity index (χ0v) is 11.0. The Kier molecular flexibility index (Phi) is 3.20. The Balaban J connectivity index is 2.32. The summed E-state index contributed by atoms with van der Waals surface area (Å²) >= 11 is 2.01. The molecule has 0 amide bonds. The zero-order valence-electron chi connectivity index (χ0n) is 10.2. The number of aryl methyl sites for hydroxylation is 1. The lowest BCUT2D eigenvalue weighted by atomic mass is 9.81. The van der Waals surface area contributed by atoms with E-state index in [0.29, 0.717) is 5.41 Å². The molecule has 0 unspecified atom stereocenters. The van der Waals surface area contributed by atoms with Gasteiger partial charge in [-0.15, -0.1) is 11.3 Å². The van der Waals surface area contributed by atoms with Gasteiger partial charge in [-0.2, -0.15) is 0 Å². The van der Waals surface area contributed by atoms with Gasteiger partial charge in [0.15, 0.2) is 0 Å². The van der Waals surface area contributed by atoms with Gasteiger partial charge in [0.2, 0.25) is 0 Å². The van der Waals surface area contributed by atoms with Crippen LogP contribution in [0.15, 0.2) is 5.38 Å². The predicted molar refractivity (Wildman–Crippen MR) is 68.9 cm³/mol. The van der Waals surface area contributed by atoms with Crippen LogP contribution in [0, 0.1) is 0 Å². The van der Waals surface area contributed by atoms with Crippen molar-refractivity contribution in [2.24, 2.45) is 0 Å². The molecule has 2 rings (SSSR count). The molecule has 0 radical (unpaired) electrons. The van der Waals surface area contributed by atoms with Gasteiger partial charge in [-0.1, -0.05) is 27.2 Å². The van der Waals surface area contributed by atoms with Crippen molar-refractivity contribution in [2.45, 2.75) is 64.7 Å². The van der Waals surface area contributed by atoms with Crippen molar-refractivity contribution in [3.63, 3.8) is 0 Å². The number of hydrogen-bond donors (Lipinski definition) is 0. The lowest BCUT2D eigenvalue weighted by molar-refractivity contribution is 0.475. The first kappa shape index (κ1) is 11.2. The first-order chi connectivity index (χ1) is 7.15. The van der Waals surface area contributed by atoms with Crippen LogP contribution in [0.2, 0.25) is 0 Å². The molecule has 0 aromatic carbocycles. The van der Waals surface area contributed by atoms with Crippen molar-refractivity contribution in [1.82, 2.24) is 0 Å². The highest BCUT2D eigenvalue weighted by atomic mass is 32.1. The topological polar surface area (TPSA) is 0 Å². The van der Waals surface area contributed by atoms with Gasteiger partial charge in [0.1, 0.15) is 0 Å². The van der Waals surface area contributed by atoms with Gasteiger partial charge in [-0.05, 0) is 54.0 Å². The van der Waals surface area contributed by atoms with E-state index in [1.54, 1.807) is 16.0 Å². The Bertz CT molecular complexity index is 333. The molecule has 15 heavy (non-hydrogen) atoms. The van der Waals surface area contributed by atoms with Crippen molar-refractivity contribution in [2.75, 3.05) is 0 Å². The maximum atomic E-state index is 2.42. The van der Waals surface area contributed by atoms with Gasteiger partial charge in [0.25, 0.3) is 0 Å². The molecule has 0 aliphatic heterocycles. The van der Waals surface area contributed by atoms with E-state index in [4.69, 9.17) is 0 Å². The lowest BCUT2D eigenvalue weighted by Crippen LogP contribution is -2.18. The summed E-state index contributed by atoms with van der Waals surface area (Å²) in [5.74, 6) is 0. The summed E-state index contributed by atoms with van der Waals surface area (Å²) in [6.45, 7) is 7.12. The molecule has 0 bridgehead atoms. The summed E-state index contributed by atoms with van der Waals surface area (Å²) in [4.78, 5) is 1.68. The normalized spacial score (nSPS) is 16.5. The molecule has 0 saturated heterocycles. The minimum Gasteiger partial charge on any atom is -0.148 e. The monoisotopic (exact) mass is 222 g/mol. The molecule has 0 fully saturated rings.